The molecule has 0 aliphatic carbocycles. The second-order valence-electron chi connectivity index (χ2n) is 14.0. The topological polar surface area (TPSA) is 4.93 Å². The standard InChI is InChI=1S/C49H33NP2/c51-52(37-20-8-3-9-21-37)46-26-14-11-23-41(46)49(42-24-12-15-27-47(42)52)40-22-10-13-25-45(40)50-44-29-28-35(33-16-4-1-5-17-33)30-38(44)39-31-36(32-43(49)48(39)50)34-18-6-2-7-19-34/h1-32,51H. The van der Waals surface area contributed by atoms with Crippen LogP contribution >= 0.6 is 15.1 Å². The normalized spacial score (nSPS) is 18.2. The Hall–Kier alpha value is -5.71. The van der Waals surface area contributed by atoms with Crippen molar-refractivity contribution in [2.24, 2.45) is 0 Å². The lowest BCUT2D eigenvalue weighted by atomic mass is 9.62. The van der Waals surface area contributed by atoms with Gasteiger partial charge in [-0.05, 0) is 97.3 Å². The Morgan fingerprint density at radius 3 is 1.58 bits per heavy atom. The summed E-state index contributed by atoms with van der Waals surface area (Å²) in [5.41, 5.74) is 13.4. The van der Waals surface area contributed by atoms with Crippen molar-refractivity contribution in [3.63, 3.8) is 0 Å². The number of rotatable bonds is 3. The summed E-state index contributed by atoms with van der Waals surface area (Å²) in [5.74, 6) is 0. The SMILES string of the molecule is P=P1(c2ccccc2)c2ccccc2C2(c3ccccc3-n3c4ccc(-c5ccccc5)cc4c4cc(-c5ccccc5)cc2c43)c2ccccc21. The fourth-order valence-corrected chi connectivity index (χ4v) is 14.3. The molecule has 1 nitrogen and oxygen atoms in total. The van der Waals surface area contributed by atoms with Crippen molar-refractivity contribution >= 4 is 52.8 Å². The Morgan fingerprint density at radius 1 is 0.404 bits per heavy atom. The molecule has 0 amide bonds. The van der Waals surface area contributed by atoms with Gasteiger partial charge in [-0.3, -0.25) is 0 Å². The van der Waals surface area contributed by atoms with E-state index >= 15 is 0 Å². The van der Waals surface area contributed by atoms with Crippen molar-refractivity contribution in [1.29, 1.82) is 0 Å². The van der Waals surface area contributed by atoms with Crippen LogP contribution in [0.25, 0.3) is 49.7 Å². The highest BCUT2D eigenvalue weighted by atomic mass is 31.8. The molecule has 0 N–H and O–H groups in total. The molecule has 0 radical (unpaired) electrons. The van der Waals surface area contributed by atoms with E-state index in [0.717, 1.165) is 0 Å². The maximum absolute atomic E-state index is 4.65. The van der Waals surface area contributed by atoms with Gasteiger partial charge in [0.15, 0.2) is 0 Å². The highest BCUT2D eigenvalue weighted by molar-refractivity contribution is 8.13. The molecule has 0 unspecified atom stereocenters. The minimum atomic E-state index is -2.20. The quantitative estimate of drug-likeness (QED) is 0.162. The van der Waals surface area contributed by atoms with Crippen LogP contribution in [0.2, 0.25) is 0 Å². The molecule has 0 saturated heterocycles. The van der Waals surface area contributed by atoms with Crippen LogP contribution in [0.4, 0.5) is 0 Å². The van der Waals surface area contributed by atoms with E-state index in [4.69, 9.17) is 0 Å². The molecule has 0 atom stereocenters. The van der Waals surface area contributed by atoms with Gasteiger partial charge in [0.05, 0.1) is 22.1 Å². The molecule has 11 rings (SSSR count). The van der Waals surface area contributed by atoms with E-state index in [2.05, 4.69) is 207 Å². The monoisotopic (exact) mass is 697 g/mol. The van der Waals surface area contributed by atoms with E-state index in [0.29, 0.717) is 0 Å². The first-order valence-corrected chi connectivity index (χ1v) is 21.1. The summed E-state index contributed by atoms with van der Waals surface area (Å²) in [6.45, 7) is -2.20. The summed E-state index contributed by atoms with van der Waals surface area (Å²) < 4.78 is 2.55. The molecule has 1 spiro atoms. The molecule has 3 heteroatoms. The second-order valence-corrected chi connectivity index (χ2v) is 18.9. The van der Waals surface area contributed by atoms with Crippen molar-refractivity contribution in [3.8, 4) is 27.9 Å². The average Bonchev–Trinajstić information content (AvgIpc) is 3.56. The van der Waals surface area contributed by atoms with Crippen LogP contribution in [0.3, 0.4) is 0 Å². The molecule has 9 aromatic rings. The van der Waals surface area contributed by atoms with Gasteiger partial charge >= 0.3 is 0 Å². The summed E-state index contributed by atoms with van der Waals surface area (Å²) in [7, 11) is 4.65. The minimum absolute atomic E-state index is 0.565. The van der Waals surface area contributed by atoms with Gasteiger partial charge in [-0.25, -0.2) is 0 Å². The number of fused-ring (bicyclic) bond motifs is 11. The Labute approximate surface area is 305 Å². The third kappa shape index (κ3) is 3.88. The average molecular weight is 698 g/mol. The minimum Gasteiger partial charge on any atom is -0.309 e. The lowest BCUT2D eigenvalue weighted by Gasteiger charge is -2.49. The number of hydrogen-bond acceptors (Lipinski definition) is 0. The summed E-state index contributed by atoms with van der Waals surface area (Å²) >= 11 is 0. The summed E-state index contributed by atoms with van der Waals surface area (Å²) in [5, 5.41) is 6.63. The molecule has 8 aromatic carbocycles. The van der Waals surface area contributed by atoms with Gasteiger partial charge < -0.3 is 4.57 Å². The van der Waals surface area contributed by atoms with Crippen LogP contribution in [-0.4, -0.2) is 4.57 Å². The van der Waals surface area contributed by atoms with E-state index < -0.39 is 12.0 Å². The van der Waals surface area contributed by atoms with Crippen molar-refractivity contribution < 1.29 is 0 Å². The number of nitrogens with zero attached hydrogens (tertiary/aromatic N) is 1. The summed E-state index contributed by atoms with van der Waals surface area (Å²) in [6, 6.07) is 72.5. The first-order valence-electron chi connectivity index (χ1n) is 17.9. The third-order valence-corrected chi connectivity index (χ3v) is 17.0. The first kappa shape index (κ1) is 30.0. The van der Waals surface area contributed by atoms with Gasteiger partial charge in [0.25, 0.3) is 0 Å². The number of benzene rings is 8. The van der Waals surface area contributed by atoms with Gasteiger partial charge in [-0.15, -0.1) is 8.53 Å². The Morgan fingerprint density at radius 2 is 0.923 bits per heavy atom. The maximum atomic E-state index is 4.65. The van der Waals surface area contributed by atoms with E-state index in [-0.39, 0.29) is 0 Å². The number of aromatic nitrogens is 1. The Kier molecular flexibility index (Phi) is 6.42. The van der Waals surface area contributed by atoms with Gasteiger partial charge in [0, 0.05) is 10.8 Å². The molecular formula is C49H33NP2. The number of hydrogen-bond donors (Lipinski definition) is 0. The van der Waals surface area contributed by atoms with E-state index in [9.17, 15) is 0 Å². The predicted octanol–water partition coefficient (Wildman–Crippen LogP) is 11.5. The zero-order chi connectivity index (χ0) is 34.4. The Bertz CT molecular complexity index is 2870. The Balaban J connectivity index is 1.36. The lowest BCUT2D eigenvalue weighted by molar-refractivity contribution is 0.735. The van der Waals surface area contributed by atoms with E-state index in [1.54, 1.807) is 0 Å². The molecule has 3 heterocycles. The van der Waals surface area contributed by atoms with E-state index in [1.807, 2.05) is 0 Å². The molecule has 0 saturated carbocycles. The third-order valence-electron chi connectivity index (χ3n) is 11.5. The molecule has 0 fully saturated rings. The fourth-order valence-electron chi connectivity index (χ4n) is 9.37. The second kappa shape index (κ2) is 11.1. The zero-order valence-electron chi connectivity index (χ0n) is 28.4. The smallest absolute Gasteiger partial charge is 0.0755 e. The van der Waals surface area contributed by atoms with Crippen LogP contribution in [0, 0.1) is 0 Å². The molecule has 244 valence electrons. The van der Waals surface area contributed by atoms with Gasteiger partial charge in [0.1, 0.15) is 0 Å². The van der Waals surface area contributed by atoms with Crippen LogP contribution < -0.4 is 15.9 Å². The largest absolute Gasteiger partial charge is 0.309 e. The maximum Gasteiger partial charge on any atom is 0.0755 e. The molecule has 0 bridgehead atoms. The predicted molar refractivity (Wildman–Crippen MR) is 224 cm³/mol. The highest BCUT2D eigenvalue weighted by Crippen LogP contribution is 2.62. The van der Waals surface area contributed by atoms with Crippen molar-refractivity contribution in [2.75, 3.05) is 0 Å². The van der Waals surface area contributed by atoms with Crippen molar-refractivity contribution in [3.05, 3.63) is 216 Å². The molecule has 2 aliphatic heterocycles. The van der Waals surface area contributed by atoms with Crippen molar-refractivity contribution in [1.82, 2.24) is 4.57 Å². The van der Waals surface area contributed by atoms with Crippen LogP contribution in [0.5, 0.6) is 0 Å². The zero-order valence-corrected chi connectivity index (χ0v) is 30.3. The lowest BCUT2D eigenvalue weighted by Crippen LogP contribution is -2.47. The summed E-state index contributed by atoms with van der Waals surface area (Å²) in [4.78, 5) is 0. The molecular weight excluding hydrogens is 664 g/mol. The molecule has 2 aliphatic rings. The fraction of sp³-hybridized carbons (Fsp3) is 0.0204. The van der Waals surface area contributed by atoms with Crippen LogP contribution in [0.15, 0.2) is 194 Å². The van der Waals surface area contributed by atoms with Gasteiger partial charge in [-0.2, -0.15) is 0 Å². The summed E-state index contributed by atoms with van der Waals surface area (Å²) in [6.07, 6.45) is 0. The van der Waals surface area contributed by atoms with Crippen LogP contribution in [0.1, 0.15) is 22.3 Å². The molecule has 52 heavy (non-hydrogen) atoms. The molecule has 1 aromatic heterocycles. The van der Waals surface area contributed by atoms with Gasteiger partial charge in [0.2, 0.25) is 0 Å². The van der Waals surface area contributed by atoms with Gasteiger partial charge in [-0.1, -0.05) is 164 Å². The highest BCUT2D eigenvalue weighted by Gasteiger charge is 2.52. The first-order chi connectivity index (χ1) is 25.7. The van der Waals surface area contributed by atoms with E-state index in [1.165, 1.54) is 87.9 Å². The van der Waals surface area contributed by atoms with Crippen LogP contribution in [-0.2, 0) is 5.41 Å². The van der Waals surface area contributed by atoms with Crippen molar-refractivity contribution in [2.45, 2.75) is 5.41 Å². The number of para-hydroxylation sites is 1.